The van der Waals surface area contributed by atoms with Gasteiger partial charge in [-0.1, -0.05) is 44.2 Å². The molecular weight excluding hydrogens is 214 g/mol. The van der Waals surface area contributed by atoms with Crippen LogP contribution in [0.1, 0.15) is 31.9 Å². The predicted molar refractivity (Wildman–Crippen MR) is 68.9 cm³/mol. The minimum Gasteiger partial charge on any atom is -0.481 e. The highest BCUT2D eigenvalue weighted by molar-refractivity contribution is 5.67. The molecule has 0 spiro atoms. The molecule has 1 unspecified atom stereocenters. The summed E-state index contributed by atoms with van der Waals surface area (Å²) in [5.74, 6) is -0.227. The smallest absolute Gasteiger partial charge is 0.305 e. The number of aliphatic carboxylic acids is 1. The minimum absolute atomic E-state index is 0.0453. The zero-order valence-corrected chi connectivity index (χ0v) is 10.8. The zero-order valence-electron chi connectivity index (χ0n) is 10.8. The molecule has 0 radical (unpaired) electrons. The molecule has 94 valence electrons. The fourth-order valence-electron chi connectivity index (χ4n) is 2.07. The Morgan fingerprint density at radius 1 is 1.29 bits per heavy atom. The number of carboxylic acids is 1. The van der Waals surface area contributed by atoms with Crippen molar-refractivity contribution in [1.29, 1.82) is 0 Å². The van der Waals surface area contributed by atoms with Crippen molar-refractivity contribution in [2.45, 2.75) is 26.3 Å². The maximum absolute atomic E-state index is 10.9. The van der Waals surface area contributed by atoms with Crippen molar-refractivity contribution in [3.8, 4) is 0 Å². The first-order valence-electron chi connectivity index (χ1n) is 5.97. The average Bonchev–Trinajstić information content (AvgIpc) is 2.25. The molecule has 1 aromatic carbocycles. The Bertz CT molecular complexity index is 348. The molecule has 0 amide bonds. The van der Waals surface area contributed by atoms with Crippen molar-refractivity contribution in [1.82, 2.24) is 4.90 Å². The summed E-state index contributed by atoms with van der Waals surface area (Å²) in [4.78, 5) is 13.1. The van der Waals surface area contributed by atoms with E-state index in [4.69, 9.17) is 5.11 Å². The average molecular weight is 235 g/mol. The second-order valence-electron chi connectivity index (χ2n) is 4.86. The van der Waals surface area contributed by atoms with E-state index in [9.17, 15) is 4.79 Å². The lowest BCUT2D eigenvalue weighted by Crippen LogP contribution is -2.30. The SMILES string of the molecule is CC(C)CN(C)C(CC(=O)O)c1ccccc1. The molecule has 1 atom stereocenters. The van der Waals surface area contributed by atoms with E-state index in [2.05, 4.69) is 18.7 Å². The van der Waals surface area contributed by atoms with Crippen LogP contribution in [0.4, 0.5) is 0 Å². The summed E-state index contributed by atoms with van der Waals surface area (Å²) in [5.41, 5.74) is 1.07. The van der Waals surface area contributed by atoms with Crippen molar-refractivity contribution in [2.24, 2.45) is 5.92 Å². The van der Waals surface area contributed by atoms with Gasteiger partial charge < -0.3 is 5.11 Å². The first-order chi connectivity index (χ1) is 8.00. The normalized spacial score (nSPS) is 13.0. The van der Waals surface area contributed by atoms with Crippen molar-refractivity contribution in [2.75, 3.05) is 13.6 Å². The largest absolute Gasteiger partial charge is 0.481 e. The third-order valence-electron chi connectivity index (χ3n) is 2.74. The Kier molecular flexibility index (Phi) is 5.16. The van der Waals surface area contributed by atoms with Gasteiger partial charge in [-0.05, 0) is 18.5 Å². The summed E-state index contributed by atoms with van der Waals surface area (Å²) < 4.78 is 0. The van der Waals surface area contributed by atoms with E-state index < -0.39 is 5.97 Å². The molecular formula is C14H21NO2. The lowest BCUT2D eigenvalue weighted by molar-refractivity contribution is -0.138. The molecule has 17 heavy (non-hydrogen) atoms. The summed E-state index contributed by atoms with van der Waals surface area (Å²) in [6.07, 6.45) is 0.146. The van der Waals surface area contributed by atoms with Crippen LogP contribution >= 0.6 is 0 Å². The predicted octanol–water partition coefficient (Wildman–Crippen LogP) is 2.79. The van der Waals surface area contributed by atoms with Crippen molar-refractivity contribution < 1.29 is 9.90 Å². The Hall–Kier alpha value is -1.35. The van der Waals surface area contributed by atoms with Gasteiger partial charge in [-0.15, -0.1) is 0 Å². The molecule has 0 saturated carbocycles. The maximum atomic E-state index is 10.9. The van der Waals surface area contributed by atoms with Crippen LogP contribution < -0.4 is 0 Å². The van der Waals surface area contributed by atoms with Crippen LogP contribution in [-0.4, -0.2) is 29.6 Å². The highest BCUT2D eigenvalue weighted by Crippen LogP contribution is 2.23. The monoisotopic (exact) mass is 235 g/mol. The van der Waals surface area contributed by atoms with Gasteiger partial charge in [0.05, 0.1) is 6.42 Å². The number of nitrogens with zero attached hydrogens (tertiary/aromatic N) is 1. The van der Waals surface area contributed by atoms with Gasteiger partial charge in [-0.3, -0.25) is 9.69 Å². The van der Waals surface area contributed by atoms with Crippen molar-refractivity contribution >= 4 is 5.97 Å². The summed E-state index contributed by atoms with van der Waals surface area (Å²) in [6.45, 7) is 5.17. The summed E-state index contributed by atoms with van der Waals surface area (Å²) >= 11 is 0. The Morgan fingerprint density at radius 2 is 1.88 bits per heavy atom. The molecule has 3 heteroatoms. The number of carbonyl (C=O) groups is 1. The van der Waals surface area contributed by atoms with Gasteiger partial charge in [-0.2, -0.15) is 0 Å². The van der Waals surface area contributed by atoms with E-state index in [-0.39, 0.29) is 12.5 Å². The summed E-state index contributed by atoms with van der Waals surface area (Å²) in [7, 11) is 1.99. The molecule has 1 N–H and O–H groups in total. The van der Waals surface area contributed by atoms with Crippen LogP contribution in [0, 0.1) is 5.92 Å². The molecule has 0 aliphatic rings. The van der Waals surface area contributed by atoms with Gasteiger partial charge in [0, 0.05) is 12.6 Å². The molecule has 1 rings (SSSR count). The van der Waals surface area contributed by atoms with Gasteiger partial charge in [-0.25, -0.2) is 0 Å². The van der Waals surface area contributed by atoms with Gasteiger partial charge in [0.2, 0.25) is 0 Å². The third-order valence-corrected chi connectivity index (χ3v) is 2.74. The number of hydrogen-bond acceptors (Lipinski definition) is 2. The minimum atomic E-state index is -0.755. The van der Waals surface area contributed by atoms with Crippen LogP contribution in [0.3, 0.4) is 0 Å². The van der Waals surface area contributed by atoms with E-state index in [1.165, 1.54) is 0 Å². The lowest BCUT2D eigenvalue weighted by Gasteiger charge is -2.28. The fraction of sp³-hybridized carbons (Fsp3) is 0.500. The number of rotatable bonds is 6. The number of hydrogen-bond donors (Lipinski definition) is 1. The van der Waals surface area contributed by atoms with Crippen LogP contribution in [0.25, 0.3) is 0 Å². The van der Waals surface area contributed by atoms with E-state index in [1.807, 2.05) is 37.4 Å². The maximum Gasteiger partial charge on any atom is 0.305 e. The molecule has 0 fully saturated rings. The first-order valence-corrected chi connectivity index (χ1v) is 5.97. The summed E-state index contributed by atoms with van der Waals surface area (Å²) in [6, 6.07) is 9.79. The van der Waals surface area contributed by atoms with Gasteiger partial charge in [0.25, 0.3) is 0 Å². The van der Waals surface area contributed by atoms with Gasteiger partial charge in [0.1, 0.15) is 0 Å². The molecule has 0 heterocycles. The first kappa shape index (κ1) is 13.7. The van der Waals surface area contributed by atoms with Crippen LogP contribution in [0.2, 0.25) is 0 Å². The highest BCUT2D eigenvalue weighted by Gasteiger charge is 2.20. The molecule has 0 saturated heterocycles. The highest BCUT2D eigenvalue weighted by atomic mass is 16.4. The van der Waals surface area contributed by atoms with E-state index in [1.54, 1.807) is 0 Å². The van der Waals surface area contributed by atoms with E-state index in [0.717, 1.165) is 12.1 Å². The fourth-order valence-corrected chi connectivity index (χ4v) is 2.07. The number of benzene rings is 1. The van der Waals surface area contributed by atoms with E-state index in [0.29, 0.717) is 5.92 Å². The molecule has 0 aliphatic heterocycles. The van der Waals surface area contributed by atoms with Crippen molar-refractivity contribution in [3.63, 3.8) is 0 Å². The van der Waals surface area contributed by atoms with Crippen molar-refractivity contribution in [3.05, 3.63) is 35.9 Å². The molecule has 0 bridgehead atoms. The summed E-state index contributed by atoms with van der Waals surface area (Å²) in [5, 5.41) is 9.00. The Morgan fingerprint density at radius 3 is 2.35 bits per heavy atom. The standard InChI is InChI=1S/C14H21NO2/c1-11(2)10-15(3)13(9-14(16)17)12-7-5-4-6-8-12/h4-8,11,13H,9-10H2,1-3H3,(H,16,17). The topological polar surface area (TPSA) is 40.5 Å². The number of carboxylic acid groups (broad SMARTS) is 1. The zero-order chi connectivity index (χ0) is 12.8. The second kappa shape index (κ2) is 6.40. The van der Waals surface area contributed by atoms with Crippen LogP contribution in [-0.2, 0) is 4.79 Å². The van der Waals surface area contributed by atoms with Gasteiger partial charge in [0.15, 0.2) is 0 Å². The lowest BCUT2D eigenvalue weighted by atomic mass is 10.0. The second-order valence-corrected chi connectivity index (χ2v) is 4.86. The third kappa shape index (κ3) is 4.57. The molecule has 0 aromatic heterocycles. The Labute approximate surface area is 103 Å². The molecule has 1 aromatic rings. The van der Waals surface area contributed by atoms with Crippen LogP contribution in [0.15, 0.2) is 30.3 Å². The van der Waals surface area contributed by atoms with E-state index >= 15 is 0 Å². The quantitative estimate of drug-likeness (QED) is 0.824. The molecule has 3 nitrogen and oxygen atoms in total. The molecule has 0 aliphatic carbocycles. The Balaban J connectivity index is 2.84. The van der Waals surface area contributed by atoms with Crippen LogP contribution in [0.5, 0.6) is 0 Å². The van der Waals surface area contributed by atoms with Gasteiger partial charge >= 0.3 is 5.97 Å².